The van der Waals surface area contributed by atoms with Gasteiger partial charge in [0.2, 0.25) is 0 Å². The molecule has 7 heteroatoms. The molecule has 0 bridgehead atoms. The van der Waals surface area contributed by atoms with Crippen molar-refractivity contribution in [1.29, 1.82) is 0 Å². The van der Waals surface area contributed by atoms with E-state index in [9.17, 15) is 14.4 Å². The van der Waals surface area contributed by atoms with Gasteiger partial charge in [0.05, 0.1) is 11.3 Å². The summed E-state index contributed by atoms with van der Waals surface area (Å²) in [6.07, 6.45) is 2.12. The molecule has 0 spiro atoms. The standard InChI is InChI=1S/C24H30N4O3/c1-3-28-13-7-10-19(28)16-26-23(30)24(31)27-21-12-5-4-11-20(21)22(29)25-15-18-9-6-8-17(2)14-18/h4-6,8-9,11-12,14,19H,3,7,10,13,15-16H2,1-2H3,(H,25,29)(H,26,30)(H,27,31)/t19-/m1/s1. The zero-order valence-electron chi connectivity index (χ0n) is 18.1. The zero-order valence-corrected chi connectivity index (χ0v) is 18.1. The highest BCUT2D eigenvalue weighted by molar-refractivity contribution is 6.40. The fourth-order valence-electron chi connectivity index (χ4n) is 3.90. The Hall–Kier alpha value is -3.19. The first-order chi connectivity index (χ1) is 15.0. The van der Waals surface area contributed by atoms with Gasteiger partial charge in [-0.1, -0.05) is 48.9 Å². The van der Waals surface area contributed by atoms with Gasteiger partial charge < -0.3 is 16.0 Å². The first kappa shape index (κ1) is 22.5. The maximum absolute atomic E-state index is 12.7. The third kappa shape index (κ3) is 6.15. The Labute approximate surface area is 183 Å². The van der Waals surface area contributed by atoms with Gasteiger partial charge in [-0.3, -0.25) is 19.3 Å². The number of carbonyl (C=O) groups excluding carboxylic acids is 3. The average molecular weight is 423 g/mol. The van der Waals surface area contributed by atoms with Crippen molar-refractivity contribution in [2.45, 2.75) is 39.3 Å². The van der Waals surface area contributed by atoms with Crippen LogP contribution in [0.5, 0.6) is 0 Å². The largest absolute Gasteiger partial charge is 0.348 e. The topological polar surface area (TPSA) is 90.5 Å². The molecule has 0 saturated carbocycles. The van der Waals surface area contributed by atoms with Gasteiger partial charge in [-0.15, -0.1) is 0 Å². The molecule has 1 fully saturated rings. The number of amides is 3. The van der Waals surface area contributed by atoms with Crippen molar-refractivity contribution in [3.8, 4) is 0 Å². The lowest BCUT2D eigenvalue weighted by molar-refractivity contribution is -0.136. The van der Waals surface area contributed by atoms with E-state index < -0.39 is 11.8 Å². The second-order valence-corrected chi connectivity index (χ2v) is 7.81. The lowest BCUT2D eigenvalue weighted by Crippen LogP contribution is -2.43. The van der Waals surface area contributed by atoms with Gasteiger partial charge in [0.15, 0.2) is 0 Å². The minimum Gasteiger partial charge on any atom is -0.348 e. The van der Waals surface area contributed by atoms with E-state index in [0.717, 1.165) is 37.1 Å². The van der Waals surface area contributed by atoms with E-state index in [1.165, 1.54) is 0 Å². The first-order valence-electron chi connectivity index (χ1n) is 10.7. The number of nitrogens with zero attached hydrogens (tertiary/aromatic N) is 1. The van der Waals surface area contributed by atoms with Crippen LogP contribution in [0.4, 0.5) is 5.69 Å². The summed E-state index contributed by atoms with van der Waals surface area (Å²) in [6, 6.07) is 14.8. The molecule has 1 aliphatic heterocycles. The average Bonchev–Trinajstić information content (AvgIpc) is 3.24. The van der Waals surface area contributed by atoms with Crippen LogP contribution in [0.25, 0.3) is 0 Å². The van der Waals surface area contributed by atoms with Crippen molar-refractivity contribution in [2.75, 3.05) is 25.0 Å². The number of anilines is 1. The maximum Gasteiger partial charge on any atom is 0.313 e. The number of carbonyl (C=O) groups is 3. The highest BCUT2D eigenvalue weighted by Crippen LogP contribution is 2.17. The van der Waals surface area contributed by atoms with Crippen molar-refractivity contribution in [3.63, 3.8) is 0 Å². The monoisotopic (exact) mass is 422 g/mol. The van der Waals surface area contributed by atoms with Crippen LogP contribution < -0.4 is 16.0 Å². The van der Waals surface area contributed by atoms with E-state index in [1.54, 1.807) is 24.3 Å². The van der Waals surface area contributed by atoms with Crippen molar-refractivity contribution < 1.29 is 14.4 Å². The van der Waals surface area contributed by atoms with Gasteiger partial charge in [0.1, 0.15) is 0 Å². The summed E-state index contributed by atoms with van der Waals surface area (Å²) in [5.74, 6) is -1.79. The molecule has 0 unspecified atom stereocenters. The molecule has 3 rings (SSSR count). The predicted molar refractivity (Wildman–Crippen MR) is 121 cm³/mol. The molecule has 3 amide bonds. The number of para-hydroxylation sites is 1. The third-order valence-corrected chi connectivity index (χ3v) is 5.57. The number of rotatable bonds is 7. The van der Waals surface area contributed by atoms with Gasteiger partial charge in [0, 0.05) is 19.1 Å². The number of benzene rings is 2. The van der Waals surface area contributed by atoms with Crippen molar-refractivity contribution >= 4 is 23.4 Å². The highest BCUT2D eigenvalue weighted by Gasteiger charge is 2.25. The van der Waals surface area contributed by atoms with Crippen LogP contribution in [0.15, 0.2) is 48.5 Å². The zero-order chi connectivity index (χ0) is 22.2. The quantitative estimate of drug-likeness (QED) is 0.598. The number of hydrogen-bond donors (Lipinski definition) is 3. The number of likely N-dealkylation sites (tertiary alicyclic amines) is 1. The Balaban J connectivity index is 1.57. The third-order valence-electron chi connectivity index (χ3n) is 5.57. The van der Waals surface area contributed by atoms with Crippen molar-refractivity contribution in [1.82, 2.24) is 15.5 Å². The van der Waals surface area contributed by atoms with Crippen LogP contribution >= 0.6 is 0 Å². The molecular formula is C24H30N4O3. The molecule has 2 aromatic carbocycles. The van der Waals surface area contributed by atoms with E-state index in [1.807, 2.05) is 31.2 Å². The molecule has 164 valence electrons. The Morgan fingerprint density at radius 2 is 1.84 bits per heavy atom. The van der Waals surface area contributed by atoms with Crippen LogP contribution in [0.3, 0.4) is 0 Å². The van der Waals surface area contributed by atoms with Crippen molar-refractivity contribution in [3.05, 3.63) is 65.2 Å². The molecule has 0 aliphatic carbocycles. The lowest BCUT2D eigenvalue weighted by atomic mass is 10.1. The Kier molecular flexibility index (Phi) is 7.78. The van der Waals surface area contributed by atoms with Crippen LogP contribution in [0, 0.1) is 6.92 Å². The fourth-order valence-corrected chi connectivity index (χ4v) is 3.90. The molecular weight excluding hydrogens is 392 g/mol. The summed E-state index contributed by atoms with van der Waals surface area (Å²) in [4.78, 5) is 39.6. The minimum absolute atomic E-state index is 0.265. The molecule has 2 aromatic rings. The van der Waals surface area contributed by atoms with Gasteiger partial charge in [-0.25, -0.2) is 0 Å². The Morgan fingerprint density at radius 1 is 1.03 bits per heavy atom. The number of hydrogen-bond acceptors (Lipinski definition) is 4. The number of likely N-dealkylation sites (N-methyl/N-ethyl adjacent to an activating group) is 1. The second-order valence-electron chi connectivity index (χ2n) is 7.81. The van der Waals surface area contributed by atoms with E-state index in [0.29, 0.717) is 24.3 Å². The molecule has 1 saturated heterocycles. The number of aryl methyl sites for hydroxylation is 1. The Bertz CT molecular complexity index is 944. The molecule has 0 radical (unpaired) electrons. The molecule has 1 heterocycles. The molecule has 1 aliphatic rings. The molecule has 0 aromatic heterocycles. The summed E-state index contributed by atoms with van der Waals surface area (Å²) >= 11 is 0. The summed E-state index contributed by atoms with van der Waals surface area (Å²) in [5, 5.41) is 8.15. The van der Waals surface area contributed by atoms with Gasteiger partial charge in [0.25, 0.3) is 5.91 Å². The molecule has 1 atom stereocenters. The normalized spacial score (nSPS) is 16.0. The molecule has 31 heavy (non-hydrogen) atoms. The molecule has 7 nitrogen and oxygen atoms in total. The molecule has 3 N–H and O–H groups in total. The first-order valence-corrected chi connectivity index (χ1v) is 10.7. The van der Waals surface area contributed by atoms with Gasteiger partial charge >= 0.3 is 11.8 Å². The van der Waals surface area contributed by atoms with E-state index in [-0.39, 0.29) is 11.9 Å². The van der Waals surface area contributed by atoms with Crippen LogP contribution in [-0.2, 0) is 16.1 Å². The van der Waals surface area contributed by atoms with Crippen LogP contribution in [-0.4, -0.2) is 48.3 Å². The Morgan fingerprint density at radius 3 is 2.61 bits per heavy atom. The minimum atomic E-state index is -0.778. The van der Waals surface area contributed by atoms with Crippen molar-refractivity contribution in [2.24, 2.45) is 0 Å². The smallest absolute Gasteiger partial charge is 0.313 e. The van der Waals surface area contributed by atoms with Gasteiger partial charge in [-0.2, -0.15) is 0 Å². The summed E-state index contributed by atoms with van der Waals surface area (Å²) < 4.78 is 0. The highest BCUT2D eigenvalue weighted by atomic mass is 16.2. The maximum atomic E-state index is 12.7. The van der Waals surface area contributed by atoms with Crippen LogP contribution in [0.1, 0.15) is 41.3 Å². The predicted octanol–water partition coefficient (Wildman–Crippen LogP) is 2.46. The van der Waals surface area contributed by atoms with Crippen LogP contribution in [0.2, 0.25) is 0 Å². The van der Waals surface area contributed by atoms with E-state index >= 15 is 0 Å². The van der Waals surface area contributed by atoms with E-state index in [4.69, 9.17) is 0 Å². The fraction of sp³-hybridized carbons (Fsp3) is 0.375. The second kappa shape index (κ2) is 10.7. The summed E-state index contributed by atoms with van der Waals surface area (Å²) in [7, 11) is 0. The van der Waals surface area contributed by atoms with E-state index in [2.05, 4.69) is 27.8 Å². The lowest BCUT2D eigenvalue weighted by Gasteiger charge is -2.22. The summed E-state index contributed by atoms with van der Waals surface area (Å²) in [5.41, 5.74) is 2.72. The SMILES string of the molecule is CCN1CCC[C@@H]1CNC(=O)C(=O)Nc1ccccc1C(=O)NCc1cccc(C)c1. The summed E-state index contributed by atoms with van der Waals surface area (Å²) in [6.45, 7) is 6.85. The van der Waals surface area contributed by atoms with Gasteiger partial charge in [-0.05, 0) is 50.6 Å². The number of nitrogens with one attached hydrogen (secondary N) is 3.